The van der Waals surface area contributed by atoms with Crippen molar-refractivity contribution >= 4 is 82.8 Å². The number of allylic oxidation sites excluding steroid dienone is 1. The number of ether oxygens (including phenoxy) is 1. The molecule has 0 saturated carbocycles. The van der Waals surface area contributed by atoms with Gasteiger partial charge in [0.25, 0.3) is 11.6 Å². The van der Waals surface area contributed by atoms with E-state index in [1.807, 2.05) is 48.5 Å². The molecule has 1 unspecified atom stereocenters. The molecule has 0 aliphatic heterocycles. The van der Waals surface area contributed by atoms with E-state index in [-0.39, 0.29) is 67.9 Å². The molecule has 1 aromatic rings. The van der Waals surface area contributed by atoms with Crippen LogP contribution in [0.25, 0.3) is 6.08 Å². The molecule has 0 spiro atoms. The molecule has 10 atom stereocenters. The zero-order valence-electron chi connectivity index (χ0n) is 57.0. The van der Waals surface area contributed by atoms with E-state index in [0.29, 0.717) is 12.0 Å². The summed E-state index contributed by atoms with van der Waals surface area (Å²) in [4.78, 5) is 182. The molecule has 90 heavy (non-hydrogen) atoms. The summed E-state index contributed by atoms with van der Waals surface area (Å²) >= 11 is 0. The Labute approximate surface area is 532 Å². The smallest absolute Gasteiger partial charge is 0.323 e. The van der Waals surface area contributed by atoms with E-state index in [2.05, 4.69) is 26.6 Å². The van der Waals surface area contributed by atoms with Gasteiger partial charge in [0.05, 0.1) is 17.9 Å². The summed E-state index contributed by atoms with van der Waals surface area (Å²) in [7, 11) is 9.68. The summed E-state index contributed by atoms with van der Waals surface area (Å²) in [5.41, 5.74) is 0.513. The van der Waals surface area contributed by atoms with Crippen LogP contribution < -0.4 is 26.6 Å². The molecule has 0 aliphatic rings. The van der Waals surface area contributed by atoms with Gasteiger partial charge < -0.3 is 55.8 Å². The fraction of sp³-hybridized carbons (Fsp3) is 0.683. The van der Waals surface area contributed by atoms with E-state index in [1.54, 1.807) is 52.0 Å². The van der Waals surface area contributed by atoms with Crippen LogP contribution in [-0.2, 0) is 57.5 Å². The molecule has 5 N–H and O–H groups in total. The van der Waals surface area contributed by atoms with Gasteiger partial charge in [0.2, 0.25) is 53.2 Å². The minimum absolute atomic E-state index is 0.0512. The zero-order chi connectivity index (χ0) is 69.3. The number of imide groups is 1. The Morgan fingerprint density at radius 2 is 1.08 bits per heavy atom. The fourth-order valence-corrected chi connectivity index (χ4v) is 9.93. The average Bonchev–Trinajstić information content (AvgIpc) is 1.43. The lowest BCUT2D eigenvalue weighted by atomic mass is 9.95. The van der Waals surface area contributed by atoms with Crippen molar-refractivity contribution in [2.75, 3.05) is 55.9 Å². The van der Waals surface area contributed by atoms with Gasteiger partial charge in [0.15, 0.2) is 0 Å². The van der Waals surface area contributed by atoms with Gasteiger partial charge >= 0.3 is 12.0 Å². The predicted octanol–water partition coefficient (Wildman–Crippen LogP) is 4.11. The van der Waals surface area contributed by atoms with Crippen molar-refractivity contribution in [1.29, 1.82) is 0 Å². The molecule has 12 amide bonds. The molecule has 0 saturated heterocycles. The summed E-state index contributed by atoms with van der Waals surface area (Å²) in [5.74, 6) is -8.22. The fourth-order valence-electron chi connectivity index (χ4n) is 9.93. The third kappa shape index (κ3) is 25.5. The first-order chi connectivity index (χ1) is 41.7. The Bertz CT molecular complexity index is 2700. The number of hydrogen-bond acceptors (Lipinski definition) is 15. The van der Waals surface area contributed by atoms with E-state index < -0.39 is 143 Å². The van der Waals surface area contributed by atoms with Crippen molar-refractivity contribution < 1.29 is 67.2 Å². The summed E-state index contributed by atoms with van der Waals surface area (Å²) in [6, 6.07) is -3.85. The highest BCUT2D eigenvalue weighted by Gasteiger charge is 2.40. The van der Waals surface area contributed by atoms with E-state index >= 15 is 0 Å². The maximum absolute atomic E-state index is 14.6. The second kappa shape index (κ2) is 37.9. The summed E-state index contributed by atoms with van der Waals surface area (Å²) in [6.07, 6.45) is 3.55. The van der Waals surface area contributed by atoms with Gasteiger partial charge in [0, 0.05) is 68.4 Å². The quantitative estimate of drug-likeness (QED) is 0.0363. The molecule has 0 bridgehead atoms. The van der Waals surface area contributed by atoms with Crippen LogP contribution in [0.2, 0.25) is 0 Å². The first-order valence-corrected chi connectivity index (χ1v) is 30.8. The largest absolute Gasteiger partial charge is 0.462 e. The number of likely N-dealkylation sites (N-methyl/N-ethyl adjacent to an activating group) is 6. The number of amides is 12. The number of urea groups is 1. The van der Waals surface area contributed by atoms with Crippen LogP contribution in [0.4, 0.5) is 10.5 Å². The molecule has 0 aliphatic carbocycles. The first kappa shape index (κ1) is 80.0. The lowest BCUT2D eigenvalue weighted by molar-refractivity contribution is -0.384. The Morgan fingerprint density at radius 1 is 0.589 bits per heavy atom. The number of nitrogens with one attached hydrogen (secondary N) is 5. The van der Waals surface area contributed by atoms with Crippen LogP contribution in [-0.4, -0.2) is 216 Å². The number of nitro benzene ring substituents is 1. The number of esters is 1. The highest BCUT2D eigenvalue weighted by molar-refractivity contribution is 6.00. The third-order valence-corrected chi connectivity index (χ3v) is 15.3. The van der Waals surface area contributed by atoms with Gasteiger partial charge in [-0.25, -0.2) is 4.79 Å². The average molecular weight is 1270 g/mol. The van der Waals surface area contributed by atoms with Gasteiger partial charge in [-0.05, 0) is 94.4 Å². The predicted molar refractivity (Wildman–Crippen MR) is 340 cm³/mol. The van der Waals surface area contributed by atoms with Crippen LogP contribution >= 0.6 is 0 Å². The standard InChI is InChI=1S/C63H104N12O15/c1-22-47(67-57(81)50(70(17)52(77)33-41(11)90-44(14)76)32-40(10)25-23-26-45-27-24-28-46(34-45)75(88)89)60(84)69(16)35-53(78)71(18)48(29-36(2)3)58(82)68-54(39(8)9)62(86)72(19)49(30-37(4)5)56(80)65-42(12)55(79)66-43(13)59(83)73(20)51(31-38(6)7)61(85)74(21)63(87)64-15/h23-24,26-28,34,36-43,47-51,54H,22,25,29-33,35H2,1-21H3,(H,64,87)(H,65,80)(H,66,79)(H,67,81)(H,68,82)/b26-23+/t40-,41?,42+,43-,47+,48+,49+,50+,51+,54+/m1/s1. The van der Waals surface area contributed by atoms with E-state index in [9.17, 15) is 67.6 Å². The molecule has 506 valence electrons. The number of nitro groups is 1. The topological polar surface area (TPSA) is 337 Å². The molecular weight excluding hydrogens is 1160 g/mol. The Hall–Kier alpha value is -8.00. The zero-order valence-corrected chi connectivity index (χ0v) is 57.0. The number of nitrogens with zero attached hydrogens (tertiary/aromatic N) is 7. The van der Waals surface area contributed by atoms with Gasteiger partial charge in [0.1, 0.15) is 54.4 Å². The Balaban J connectivity index is 3.37. The van der Waals surface area contributed by atoms with Crippen molar-refractivity contribution in [2.45, 2.75) is 196 Å². The molecule has 27 nitrogen and oxygen atoms in total. The molecule has 0 heterocycles. The maximum atomic E-state index is 14.6. The highest BCUT2D eigenvalue weighted by Crippen LogP contribution is 2.22. The minimum Gasteiger partial charge on any atom is -0.462 e. The number of carbonyl (C=O) groups excluding carboxylic acids is 12. The number of rotatable bonds is 35. The lowest BCUT2D eigenvalue weighted by Gasteiger charge is -2.36. The second-order valence-corrected chi connectivity index (χ2v) is 25.1. The highest BCUT2D eigenvalue weighted by atomic mass is 16.6. The van der Waals surface area contributed by atoms with Crippen LogP contribution in [0.3, 0.4) is 0 Å². The van der Waals surface area contributed by atoms with Crippen molar-refractivity contribution in [3.8, 4) is 0 Å². The second-order valence-electron chi connectivity index (χ2n) is 25.1. The molecule has 27 heteroatoms. The first-order valence-electron chi connectivity index (χ1n) is 30.8. The summed E-state index contributed by atoms with van der Waals surface area (Å²) in [5, 5.41) is 24.6. The van der Waals surface area contributed by atoms with Gasteiger partial charge in [-0.2, -0.15) is 0 Å². The minimum atomic E-state index is -1.22. The molecular formula is C63H104N12O15. The SMILES string of the molecule is CC[C@H](NC(=O)[C@H](C[C@H](C)C/C=C/c1cccc([N+](=O)[O-])c1)N(C)C(=O)CC(C)OC(C)=O)C(=O)N(C)CC(=O)N(C)[C@@H](CC(C)C)C(=O)N[C@H](C(=O)N(C)[C@@H](CC(C)C)C(=O)N[C@@H](C)C(=O)N[C@H](C)C(=O)N(C)[C@@H](CC(C)C)C(=O)N(C)C(=O)NC)C(C)C. The van der Waals surface area contributed by atoms with Gasteiger partial charge in [-0.3, -0.25) is 67.8 Å². The summed E-state index contributed by atoms with van der Waals surface area (Å²) < 4.78 is 5.17. The number of benzene rings is 1. The molecule has 0 fully saturated rings. The molecule has 0 aromatic heterocycles. The van der Waals surface area contributed by atoms with Crippen LogP contribution in [0.5, 0.6) is 0 Å². The monoisotopic (exact) mass is 1270 g/mol. The Morgan fingerprint density at radius 3 is 1.59 bits per heavy atom. The number of non-ortho nitro benzene ring substituents is 1. The van der Waals surface area contributed by atoms with Crippen LogP contribution in [0, 0.1) is 39.7 Å². The van der Waals surface area contributed by atoms with Crippen molar-refractivity contribution in [3.05, 3.63) is 46.0 Å². The van der Waals surface area contributed by atoms with Crippen LogP contribution in [0.1, 0.15) is 147 Å². The van der Waals surface area contributed by atoms with E-state index in [0.717, 1.165) is 9.80 Å². The van der Waals surface area contributed by atoms with Gasteiger partial charge in [-0.1, -0.05) is 93.5 Å². The van der Waals surface area contributed by atoms with Crippen molar-refractivity contribution in [1.82, 2.24) is 56.0 Å². The molecule has 1 rings (SSSR count). The lowest BCUT2D eigenvalue weighted by Crippen LogP contribution is -2.60. The van der Waals surface area contributed by atoms with Crippen LogP contribution in [0.15, 0.2) is 30.3 Å². The maximum Gasteiger partial charge on any atom is 0.323 e. The molecule has 0 radical (unpaired) electrons. The van der Waals surface area contributed by atoms with Crippen molar-refractivity contribution in [3.63, 3.8) is 0 Å². The summed E-state index contributed by atoms with van der Waals surface area (Å²) in [6.45, 7) is 23.0. The Kier molecular flexibility index (Phi) is 33.7. The molecule has 1 aromatic carbocycles. The van der Waals surface area contributed by atoms with E-state index in [4.69, 9.17) is 4.74 Å². The van der Waals surface area contributed by atoms with E-state index in [1.165, 1.54) is 102 Å². The van der Waals surface area contributed by atoms with Gasteiger partial charge in [-0.15, -0.1) is 0 Å². The van der Waals surface area contributed by atoms with Crippen molar-refractivity contribution in [2.24, 2.45) is 29.6 Å². The number of carbonyl (C=O) groups is 12. The number of hydrogen-bond donors (Lipinski definition) is 5. The third-order valence-electron chi connectivity index (χ3n) is 15.3. The normalized spacial score (nSPS) is 14.7.